The number of likely N-dealkylation sites (N-methyl/N-ethyl adjacent to an activating group) is 1. The van der Waals surface area contributed by atoms with Crippen LogP contribution in [-0.2, 0) is 28.0 Å². The first-order valence-corrected chi connectivity index (χ1v) is 16.1. The van der Waals surface area contributed by atoms with E-state index in [1.165, 1.54) is 22.1 Å². The van der Waals surface area contributed by atoms with Gasteiger partial charge in [-0.15, -0.1) is 0 Å². The van der Waals surface area contributed by atoms with Gasteiger partial charge >= 0.3 is 0 Å². The lowest BCUT2D eigenvalue weighted by atomic mass is 9.98. The van der Waals surface area contributed by atoms with E-state index in [1.54, 1.807) is 30.9 Å². The number of amides is 2. The van der Waals surface area contributed by atoms with Gasteiger partial charge in [-0.2, -0.15) is 11.8 Å². The van der Waals surface area contributed by atoms with E-state index in [1.807, 2.05) is 6.26 Å². The molecule has 1 saturated carbocycles. The van der Waals surface area contributed by atoms with E-state index in [4.69, 9.17) is 4.74 Å². The topological polar surface area (TPSA) is 90.9 Å². The average molecular weight is 586 g/mol. The van der Waals surface area contributed by atoms with E-state index in [0.29, 0.717) is 37.2 Å². The number of halogens is 1. The van der Waals surface area contributed by atoms with Crippen LogP contribution in [0.3, 0.4) is 0 Å². The number of rotatable bonds is 9. The molecule has 5 rings (SSSR count). The Morgan fingerprint density at radius 3 is 2.73 bits per heavy atom. The molecule has 0 saturated heterocycles. The maximum atomic E-state index is 14.9. The lowest BCUT2D eigenvalue weighted by Gasteiger charge is -2.32. The predicted octanol–water partition coefficient (Wildman–Crippen LogP) is 4.20. The van der Waals surface area contributed by atoms with Crippen LogP contribution in [0.1, 0.15) is 62.1 Å². The maximum absolute atomic E-state index is 14.9. The summed E-state index contributed by atoms with van der Waals surface area (Å²) in [4.78, 5) is 28.2. The number of hydrogen-bond acceptors (Lipinski definition) is 6. The second-order valence-electron chi connectivity index (χ2n) is 11.3. The van der Waals surface area contributed by atoms with Crippen LogP contribution in [0.4, 0.5) is 4.39 Å². The van der Waals surface area contributed by atoms with Crippen LogP contribution in [0.15, 0.2) is 42.5 Å². The van der Waals surface area contributed by atoms with E-state index in [9.17, 15) is 19.1 Å². The van der Waals surface area contributed by atoms with Crippen molar-refractivity contribution in [3.8, 4) is 5.75 Å². The van der Waals surface area contributed by atoms with Crippen LogP contribution < -0.4 is 15.4 Å². The Morgan fingerprint density at radius 1 is 1.22 bits per heavy atom. The molecule has 9 heteroatoms. The molecule has 2 aromatic rings. The van der Waals surface area contributed by atoms with E-state index in [2.05, 4.69) is 41.8 Å². The molecule has 2 heterocycles. The molecular weight excluding hydrogens is 541 g/mol. The Balaban J connectivity index is 1.56. The van der Waals surface area contributed by atoms with Gasteiger partial charge in [-0.25, -0.2) is 4.39 Å². The van der Waals surface area contributed by atoms with Crippen molar-refractivity contribution in [2.24, 2.45) is 0 Å². The summed E-state index contributed by atoms with van der Waals surface area (Å²) in [6.07, 6.45) is 6.12. The fraction of sp³-hybridized carbons (Fsp3) is 0.562. The van der Waals surface area contributed by atoms with Crippen molar-refractivity contribution in [1.29, 1.82) is 0 Å². The van der Waals surface area contributed by atoms with E-state index in [-0.39, 0.29) is 42.5 Å². The maximum Gasteiger partial charge on any atom is 0.243 e. The highest BCUT2D eigenvalue weighted by molar-refractivity contribution is 7.98. The molecule has 0 radical (unpaired) electrons. The second kappa shape index (κ2) is 14.5. The van der Waals surface area contributed by atoms with Gasteiger partial charge in [-0.1, -0.05) is 37.3 Å². The van der Waals surface area contributed by atoms with Crippen molar-refractivity contribution in [1.82, 2.24) is 15.5 Å². The number of carbonyl (C=O) groups excluding carboxylic acids is 2. The first-order chi connectivity index (χ1) is 19.8. The quantitative estimate of drug-likeness (QED) is 0.409. The summed E-state index contributed by atoms with van der Waals surface area (Å²) in [5.41, 5.74) is 2.94. The van der Waals surface area contributed by atoms with Crippen molar-refractivity contribution in [3.63, 3.8) is 0 Å². The number of fused-ring (bicyclic) bond motifs is 13. The summed E-state index contributed by atoms with van der Waals surface area (Å²) in [6.45, 7) is 2.70. The number of aliphatic hydroxyl groups excluding tert-OH is 1. The lowest BCUT2D eigenvalue weighted by molar-refractivity contribution is -0.139. The molecule has 3 aliphatic rings. The number of aliphatic hydroxyl groups is 1. The Labute approximate surface area is 247 Å². The largest absolute Gasteiger partial charge is 0.491 e. The molecule has 0 aromatic heterocycles. The van der Waals surface area contributed by atoms with Gasteiger partial charge in [0, 0.05) is 25.6 Å². The number of benzene rings is 2. The zero-order valence-electron chi connectivity index (χ0n) is 24.5. The Hall–Kier alpha value is -2.62. The summed E-state index contributed by atoms with van der Waals surface area (Å²) >= 11 is 1.62. The van der Waals surface area contributed by atoms with Gasteiger partial charge in [0.2, 0.25) is 11.8 Å². The second-order valence-corrected chi connectivity index (χ2v) is 12.3. The van der Waals surface area contributed by atoms with Gasteiger partial charge < -0.3 is 25.4 Å². The average Bonchev–Trinajstić information content (AvgIpc) is 3.77. The molecule has 2 amide bonds. The Bertz CT molecular complexity index is 1190. The van der Waals surface area contributed by atoms with Gasteiger partial charge in [0.15, 0.2) is 11.6 Å². The molecule has 1 aliphatic carbocycles. The molecule has 224 valence electrons. The SMILES string of the molecule is CCc1cccc(C2(NCC(O)C3Cc4ccc(c(F)c4)OCCCCC(=O)N(C)C(CCSC)C(=O)N3)CC2)c1. The molecule has 2 aliphatic heterocycles. The number of thioether (sulfide) groups is 1. The molecule has 7 nitrogen and oxygen atoms in total. The number of ether oxygens (including phenoxy) is 1. The molecule has 0 spiro atoms. The minimum atomic E-state index is -0.939. The third kappa shape index (κ3) is 8.23. The highest BCUT2D eigenvalue weighted by Gasteiger charge is 2.44. The number of hydrogen-bond donors (Lipinski definition) is 3. The van der Waals surface area contributed by atoms with Crippen molar-refractivity contribution in [2.45, 2.75) is 82.0 Å². The van der Waals surface area contributed by atoms with Crippen molar-refractivity contribution in [3.05, 3.63) is 65.0 Å². The van der Waals surface area contributed by atoms with Crippen LogP contribution in [0.2, 0.25) is 0 Å². The van der Waals surface area contributed by atoms with Crippen LogP contribution in [0.5, 0.6) is 5.75 Å². The third-order valence-electron chi connectivity index (χ3n) is 8.33. The van der Waals surface area contributed by atoms with Gasteiger partial charge in [0.1, 0.15) is 6.04 Å². The molecular formula is C32H44FN3O4S. The molecule has 3 atom stereocenters. The summed E-state index contributed by atoms with van der Waals surface area (Å²) in [6, 6.07) is 12.0. The summed E-state index contributed by atoms with van der Waals surface area (Å²) < 4.78 is 20.5. The summed E-state index contributed by atoms with van der Waals surface area (Å²) in [5, 5.41) is 18.1. The fourth-order valence-corrected chi connectivity index (χ4v) is 5.93. The third-order valence-corrected chi connectivity index (χ3v) is 8.98. The van der Waals surface area contributed by atoms with Crippen LogP contribution in [0.25, 0.3) is 0 Å². The molecule has 3 N–H and O–H groups in total. The van der Waals surface area contributed by atoms with E-state index < -0.39 is 24.0 Å². The van der Waals surface area contributed by atoms with Crippen molar-refractivity contribution in [2.75, 3.05) is 32.2 Å². The van der Waals surface area contributed by atoms with Crippen molar-refractivity contribution < 1.29 is 23.8 Å². The van der Waals surface area contributed by atoms with Gasteiger partial charge in [0.25, 0.3) is 0 Å². The van der Waals surface area contributed by atoms with Gasteiger partial charge in [0.05, 0.1) is 18.8 Å². The monoisotopic (exact) mass is 585 g/mol. The fourth-order valence-electron chi connectivity index (χ4n) is 5.47. The number of nitrogens with zero attached hydrogens (tertiary/aromatic N) is 1. The molecule has 3 unspecified atom stereocenters. The first-order valence-electron chi connectivity index (χ1n) is 14.7. The minimum Gasteiger partial charge on any atom is -0.491 e. The van der Waals surface area contributed by atoms with E-state index >= 15 is 0 Å². The Kier molecular flexibility index (Phi) is 11.1. The van der Waals surface area contributed by atoms with Gasteiger partial charge in [-0.3, -0.25) is 9.59 Å². The zero-order chi connectivity index (χ0) is 29.4. The zero-order valence-corrected chi connectivity index (χ0v) is 25.3. The molecule has 41 heavy (non-hydrogen) atoms. The normalized spacial score (nSPS) is 22.2. The summed E-state index contributed by atoms with van der Waals surface area (Å²) in [5.74, 6) is -0.0209. The number of aryl methyl sites for hydroxylation is 1. The Morgan fingerprint density at radius 2 is 2.02 bits per heavy atom. The standard InChI is InChI=1S/C32H44FN3O4S/c1-4-22-8-7-9-24(18-22)32(14-15-32)34-21-28(37)26-20-23-11-12-29(25(33)19-23)40-16-6-5-10-30(38)36(2)27(13-17-41-3)31(39)35-26/h7-9,11-12,18-19,26-28,34,37H,4-6,10,13-17,20-21H2,1-3H3,(H,35,39). The predicted molar refractivity (Wildman–Crippen MR) is 162 cm³/mol. The van der Waals surface area contributed by atoms with Crippen LogP contribution in [-0.4, -0.2) is 72.2 Å². The van der Waals surface area contributed by atoms with E-state index in [0.717, 1.165) is 19.3 Å². The summed E-state index contributed by atoms with van der Waals surface area (Å²) in [7, 11) is 1.67. The lowest BCUT2D eigenvalue weighted by Crippen LogP contribution is -2.55. The number of carbonyl (C=O) groups is 2. The van der Waals surface area contributed by atoms with Gasteiger partial charge in [-0.05, 0) is 85.8 Å². The van der Waals surface area contributed by atoms with Crippen LogP contribution in [0, 0.1) is 5.82 Å². The molecule has 2 aromatic carbocycles. The van der Waals surface area contributed by atoms with Crippen LogP contribution >= 0.6 is 11.8 Å². The smallest absolute Gasteiger partial charge is 0.243 e. The molecule has 1 fully saturated rings. The van der Waals surface area contributed by atoms with Crippen molar-refractivity contribution >= 4 is 23.6 Å². The highest BCUT2D eigenvalue weighted by atomic mass is 32.2. The molecule has 2 bridgehead atoms. The highest BCUT2D eigenvalue weighted by Crippen LogP contribution is 2.45. The number of nitrogens with one attached hydrogen (secondary N) is 2. The first kappa shape index (κ1) is 31.3. The minimum absolute atomic E-state index is 0.114.